The zero-order chi connectivity index (χ0) is 26.4. The minimum atomic E-state index is -3.69. The second kappa shape index (κ2) is 15.6. The van der Waals surface area contributed by atoms with Gasteiger partial charge in [-0.25, -0.2) is 8.42 Å². The maximum Gasteiger partial charge on any atom is 0.307 e. The number of carbonyl (C=O) groups excluding carboxylic acids is 1. The Morgan fingerprint density at radius 3 is 2.50 bits per heavy atom. The van der Waals surface area contributed by atoms with Crippen LogP contribution in [0.1, 0.15) is 30.9 Å². The summed E-state index contributed by atoms with van der Waals surface area (Å²) in [6.07, 6.45) is 0.158. The molecular formula is C26H39N3O6S. The molecule has 36 heavy (non-hydrogen) atoms. The molecule has 0 saturated heterocycles. The number of hydrogen-bond acceptors (Lipinski definition) is 8. The second-order valence-corrected chi connectivity index (χ2v) is 10.6. The maximum absolute atomic E-state index is 12.7. The van der Waals surface area contributed by atoms with Crippen molar-refractivity contribution in [3.05, 3.63) is 65.7 Å². The van der Waals surface area contributed by atoms with Crippen molar-refractivity contribution in [2.45, 2.75) is 44.9 Å². The maximum atomic E-state index is 12.7. The monoisotopic (exact) mass is 521 g/mol. The highest BCUT2D eigenvalue weighted by Crippen LogP contribution is 2.13. The third-order valence-corrected chi connectivity index (χ3v) is 7.54. The summed E-state index contributed by atoms with van der Waals surface area (Å²) in [6.45, 7) is 2.69. The molecule has 0 fully saturated rings. The Hall–Kier alpha value is -2.50. The van der Waals surface area contributed by atoms with Crippen LogP contribution in [0.2, 0.25) is 0 Å². The summed E-state index contributed by atoms with van der Waals surface area (Å²) in [5.41, 5.74) is 8.46. The lowest BCUT2D eigenvalue weighted by Gasteiger charge is -2.25. The highest BCUT2D eigenvalue weighted by molar-refractivity contribution is 7.89. The molecule has 2 aromatic carbocycles. The van der Waals surface area contributed by atoms with Crippen molar-refractivity contribution in [3.63, 3.8) is 0 Å². The predicted molar refractivity (Wildman–Crippen MR) is 140 cm³/mol. The SMILES string of the molecule is CCCN(CCO)S(=O)(=O)CCC(=O)O[C@H](CNCc1cccc(OC)c1)[C@@H](N)Cc1ccccc1. The first kappa shape index (κ1) is 29.7. The summed E-state index contributed by atoms with van der Waals surface area (Å²) < 4.78 is 37.4. The number of nitrogens with two attached hydrogens (primary N) is 1. The molecule has 0 unspecified atom stereocenters. The molecule has 9 nitrogen and oxygen atoms in total. The lowest BCUT2D eigenvalue weighted by atomic mass is 10.0. The molecule has 2 aromatic rings. The quantitative estimate of drug-likeness (QED) is 0.268. The number of hydrogen-bond donors (Lipinski definition) is 3. The normalized spacial score (nSPS) is 13.4. The van der Waals surface area contributed by atoms with Crippen molar-refractivity contribution in [1.82, 2.24) is 9.62 Å². The smallest absolute Gasteiger partial charge is 0.307 e. The van der Waals surface area contributed by atoms with E-state index in [1.165, 1.54) is 4.31 Å². The van der Waals surface area contributed by atoms with Gasteiger partial charge >= 0.3 is 5.97 Å². The number of methoxy groups -OCH3 is 1. The molecule has 0 aliphatic heterocycles. The second-order valence-electron chi connectivity index (χ2n) is 8.55. The molecule has 0 aliphatic rings. The average molecular weight is 522 g/mol. The van der Waals surface area contributed by atoms with Crippen LogP contribution < -0.4 is 15.8 Å². The Kier molecular flexibility index (Phi) is 12.9. The van der Waals surface area contributed by atoms with Crippen LogP contribution in [0.3, 0.4) is 0 Å². The van der Waals surface area contributed by atoms with E-state index in [0.717, 1.165) is 16.9 Å². The molecule has 2 atom stereocenters. The Morgan fingerprint density at radius 2 is 1.83 bits per heavy atom. The number of aliphatic hydroxyl groups excluding tert-OH is 1. The van der Waals surface area contributed by atoms with Gasteiger partial charge in [-0.1, -0.05) is 49.4 Å². The molecule has 4 N–H and O–H groups in total. The Balaban J connectivity index is 2.01. The molecule has 0 amide bonds. The molecule has 200 valence electrons. The zero-order valence-corrected chi connectivity index (χ0v) is 22.0. The van der Waals surface area contributed by atoms with Crippen LogP contribution in [0.4, 0.5) is 0 Å². The summed E-state index contributed by atoms with van der Waals surface area (Å²) in [4.78, 5) is 12.7. The van der Waals surface area contributed by atoms with Crippen molar-refractivity contribution in [2.75, 3.05) is 39.1 Å². The summed E-state index contributed by atoms with van der Waals surface area (Å²) in [5, 5.41) is 12.5. The van der Waals surface area contributed by atoms with Crippen LogP contribution in [0.15, 0.2) is 54.6 Å². The fraction of sp³-hybridized carbons (Fsp3) is 0.500. The lowest BCUT2D eigenvalue weighted by Crippen LogP contribution is -2.46. The molecule has 0 heterocycles. The van der Waals surface area contributed by atoms with Gasteiger partial charge in [-0.15, -0.1) is 0 Å². The molecule has 0 spiro atoms. The van der Waals surface area contributed by atoms with Gasteiger partial charge in [0.15, 0.2) is 0 Å². The van der Waals surface area contributed by atoms with E-state index in [2.05, 4.69) is 5.32 Å². The highest BCUT2D eigenvalue weighted by Gasteiger charge is 2.26. The van der Waals surface area contributed by atoms with Crippen LogP contribution >= 0.6 is 0 Å². The van der Waals surface area contributed by atoms with Crippen molar-refractivity contribution >= 4 is 16.0 Å². The number of sulfonamides is 1. The largest absolute Gasteiger partial charge is 0.497 e. The van der Waals surface area contributed by atoms with Crippen LogP contribution in [0.5, 0.6) is 5.75 Å². The first-order valence-corrected chi connectivity index (χ1v) is 13.8. The molecule has 0 aliphatic carbocycles. The Bertz CT molecular complexity index is 1010. The highest BCUT2D eigenvalue weighted by atomic mass is 32.2. The Labute approximate surface area is 214 Å². The molecule has 0 aromatic heterocycles. The molecule has 2 rings (SSSR count). The van der Waals surface area contributed by atoms with Gasteiger partial charge in [0.05, 0.1) is 25.9 Å². The van der Waals surface area contributed by atoms with E-state index in [4.69, 9.17) is 15.2 Å². The zero-order valence-electron chi connectivity index (χ0n) is 21.1. The standard InChI is InChI=1S/C26H39N3O6S/c1-3-13-29(14-15-30)36(32,33)16-12-26(31)35-25(24(27)18-21-8-5-4-6-9-21)20-28-19-22-10-7-11-23(17-22)34-2/h4-11,17,24-25,28,30H,3,12-16,18-20,27H2,1-2H3/t24-,25+/m0/s1. The summed E-state index contributed by atoms with van der Waals surface area (Å²) >= 11 is 0. The summed E-state index contributed by atoms with van der Waals surface area (Å²) in [5.74, 6) is -0.266. The van der Waals surface area contributed by atoms with Crippen LogP contribution in [0, 0.1) is 0 Å². The van der Waals surface area contributed by atoms with E-state index in [0.29, 0.717) is 25.9 Å². The van der Waals surface area contributed by atoms with E-state index < -0.39 is 28.1 Å². The van der Waals surface area contributed by atoms with Crippen molar-refractivity contribution in [1.29, 1.82) is 0 Å². The average Bonchev–Trinajstić information content (AvgIpc) is 2.87. The Morgan fingerprint density at radius 1 is 1.11 bits per heavy atom. The van der Waals surface area contributed by atoms with E-state index in [1.54, 1.807) is 7.11 Å². The van der Waals surface area contributed by atoms with Crippen LogP contribution in [-0.2, 0) is 32.5 Å². The molecule has 0 saturated carbocycles. The number of ether oxygens (including phenoxy) is 2. The first-order chi connectivity index (χ1) is 17.3. The first-order valence-electron chi connectivity index (χ1n) is 12.2. The van der Waals surface area contributed by atoms with E-state index >= 15 is 0 Å². The van der Waals surface area contributed by atoms with Crippen molar-refractivity contribution in [3.8, 4) is 5.75 Å². The van der Waals surface area contributed by atoms with Crippen LogP contribution in [-0.4, -0.2) is 75.0 Å². The number of aliphatic hydroxyl groups is 1. The fourth-order valence-electron chi connectivity index (χ4n) is 3.76. The number of nitrogens with zero attached hydrogens (tertiary/aromatic N) is 1. The number of carbonyl (C=O) groups is 1. The molecule has 10 heteroatoms. The van der Waals surface area contributed by atoms with Crippen LogP contribution in [0.25, 0.3) is 0 Å². The van der Waals surface area contributed by atoms with Gasteiger partial charge in [0.1, 0.15) is 11.9 Å². The van der Waals surface area contributed by atoms with Crippen molar-refractivity contribution in [2.24, 2.45) is 5.73 Å². The molecular weight excluding hydrogens is 482 g/mol. The number of rotatable bonds is 17. The van der Waals surface area contributed by atoms with Gasteiger partial charge in [-0.2, -0.15) is 4.31 Å². The van der Waals surface area contributed by atoms with Gasteiger partial charge in [-0.3, -0.25) is 4.79 Å². The van der Waals surface area contributed by atoms with Gasteiger partial charge < -0.3 is 25.6 Å². The summed E-state index contributed by atoms with van der Waals surface area (Å²) in [7, 11) is -2.08. The van der Waals surface area contributed by atoms with Crippen molar-refractivity contribution < 1.29 is 27.8 Å². The van der Waals surface area contributed by atoms with E-state index in [9.17, 15) is 18.3 Å². The van der Waals surface area contributed by atoms with Gasteiger partial charge in [0.25, 0.3) is 0 Å². The van der Waals surface area contributed by atoms with Gasteiger partial charge in [0.2, 0.25) is 10.0 Å². The number of nitrogens with one attached hydrogen (secondary N) is 1. The van der Waals surface area contributed by atoms with E-state index in [-0.39, 0.29) is 31.9 Å². The topological polar surface area (TPSA) is 131 Å². The minimum Gasteiger partial charge on any atom is -0.497 e. The summed E-state index contributed by atoms with van der Waals surface area (Å²) in [6, 6.07) is 16.8. The fourth-order valence-corrected chi connectivity index (χ4v) is 5.26. The van der Waals surface area contributed by atoms with Gasteiger partial charge in [0, 0.05) is 32.2 Å². The molecule has 0 bridgehead atoms. The van der Waals surface area contributed by atoms with Gasteiger partial charge in [-0.05, 0) is 36.1 Å². The third kappa shape index (κ3) is 10.2. The number of benzene rings is 2. The minimum absolute atomic E-state index is 0.00396. The predicted octanol–water partition coefficient (Wildman–Crippen LogP) is 1.69. The molecule has 0 radical (unpaired) electrons. The third-order valence-electron chi connectivity index (χ3n) is 5.66. The lowest BCUT2D eigenvalue weighted by molar-refractivity contribution is -0.149. The number of esters is 1. The van der Waals surface area contributed by atoms with E-state index in [1.807, 2.05) is 61.5 Å².